The molecule has 1 aromatic heterocycles. The monoisotopic (exact) mass is 419 g/mol. The maximum absolute atomic E-state index is 11.7. The van der Waals surface area contributed by atoms with Gasteiger partial charge in [0.1, 0.15) is 6.10 Å². The highest BCUT2D eigenvalue weighted by molar-refractivity contribution is 6.30. The van der Waals surface area contributed by atoms with Crippen LogP contribution < -0.4 is 16.4 Å². The number of aromatic amines is 1. The Morgan fingerprint density at radius 2 is 2.00 bits per heavy atom. The van der Waals surface area contributed by atoms with Crippen LogP contribution in [0.2, 0.25) is 5.02 Å². The number of amides is 1. The lowest BCUT2D eigenvalue weighted by molar-refractivity contribution is -0.141. The number of hydrogen-bond donors (Lipinski definition) is 3. The van der Waals surface area contributed by atoms with Crippen LogP contribution in [0.1, 0.15) is 18.4 Å². The lowest BCUT2D eigenvalue weighted by Gasteiger charge is -2.46. The first kappa shape index (κ1) is 19.9. The highest BCUT2D eigenvalue weighted by Gasteiger charge is 2.37. The van der Waals surface area contributed by atoms with Gasteiger partial charge < -0.3 is 21.1 Å². The number of rotatable bonds is 5. The van der Waals surface area contributed by atoms with Gasteiger partial charge in [-0.25, -0.2) is 5.10 Å². The van der Waals surface area contributed by atoms with E-state index >= 15 is 0 Å². The van der Waals surface area contributed by atoms with Gasteiger partial charge >= 0.3 is 0 Å². The van der Waals surface area contributed by atoms with E-state index < -0.39 is 12.0 Å². The molecule has 0 bridgehead atoms. The molecule has 0 spiro atoms. The number of morpholine rings is 1. The average molecular weight is 420 g/mol. The fourth-order valence-electron chi connectivity index (χ4n) is 4.21. The Labute approximate surface area is 174 Å². The van der Waals surface area contributed by atoms with E-state index in [1.165, 1.54) is 5.56 Å². The number of hydrogen-bond acceptors (Lipinski definition) is 7. The summed E-state index contributed by atoms with van der Waals surface area (Å²) in [6.45, 7) is 2.65. The van der Waals surface area contributed by atoms with Crippen molar-refractivity contribution in [2.75, 3.05) is 36.9 Å². The molecule has 2 aliphatic rings. The molecule has 0 saturated carbocycles. The van der Waals surface area contributed by atoms with E-state index in [9.17, 15) is 4.79 Å². The number of halogens is 1. The Kier molecular flexibility index (Phi) is 5.89. The summed E-state index contributed by atoms with van der Waals surface area (Å²) in [5.74, 6) is 0.548. The highest BCUT2D eigenvalue weighted by Crippen LogP contribution is 2.26. The van der Waals surface area contributed by atoms with Crippen molar-refractivity contribution in [1.82, 2.24) is 20.1 Å². The number of aromatic nitrogens is 3. The Morgan fingerprint density at radius 1 is 1.28 bits per heavy atom. The van der Waals surface area contributed by atoms with Gasteiger partial charge in [0.2, 0.25) is 17.8 Å². The zero-order chi connectivity index (χ0) is 20.4. The Hall–Kier alpha value is -2.36. The predicted octanol–water partition coefficient (Wildman–Crippen LogP) is 0.807. The van der Waals surface area contributed by atoms with Gasteiger partial charge in [-0.3, -0.25) is 9.69 Å². The Bertz CT molecular complexity index is 835. The largest absolute Gasteiger partial charge is 0.368 e. The van der Waals surface area contributed by atoms with Crippen molar-refractivity contribution in [2.24, 2.45) is 5.73 Å². The lowest BCUT2D eigenvalue weighted by Crippen LogP contribution is -2.59. The van der Waals surface area contributed by atoms with Crippen molar-refractivity contribution in [3.05, 3.63) is 34.9 Å². The molecule has 0 radical (unpaired) electrons. The molecule has 2 atom stereocenters. The molecule has 1 aromatic carbocycles. The summed E-state index contributed by atoms with van der Waals surface area (Å²) >= 11 is 6.01. The van der Waals surface area contributed by atoms with Crippen molar-refractivity contribution in [3.63, 3.8) is 0 Å². The first-order valence-corrected chi connectivity index (χ1v) is 10.2. The van der Waals surface area contributed by atoms with Gasteiger partial charge in [-0.1, -0.05) is 23.7 Å². The standard InChI is InChI=1S/C19H26ClN7O2/c20-13-3-1-12(2-4-13)9-15-11-29-16(17(21)28)10-27(15)14-5-7-26(8-6-14)19-23-18(22)24-25-19/h1-4,14-16H,5-11H2,(H2,21,28)(H3,22,23,24,25). The van der Waals surface area contributed by atoms with Gasteiger partial charge in [0.25, 0.3) is 0 Å². The van der Waals surface area contributed by atoms with Crippen molar-refractivity contribution in [3.8, 4) is 0 Å². The second-order valence-electron chi connectivity index (χ2n) is 7.64. The van der Waals surface area contributed by atoms with E-state index in [1.807, 2.05) is 24.3 Å². The van der Waals surface area contributed by atoms with Gasteiger partial charge in [0, 0.05) is 36.7 Å². The molecule has 2 aliphatic heterocycles. The molecular formula is C19H26ClN7O2. The Balaban J connectivity index is 1.44. The number of carbonyl (C=O) groups excluding carboxylic acids is 1. The summed E-state index contributed by atoms with van der Waals surface area (Å²) in [6.07, 6.45) is 2.15. The molecule has 5 N–H and O–H groups in total. The van der Waals surface area contributed by atoms with E-state index in [2.05, 4.69) is 25.0 Å². The summed E-state index contributed by atoms with van der Waals surface area (Å²) < 4.78 is 5.77. The zero-order valence-corrected chi connectivity index (χ0v) is 16.9. The van der Waals surface area contributed by atoms with Crippen LogP contribution in [0.4, 0.5) is 11.9 Å². The van der Waals surface area contributed by atoms with Gasteiger partial charge in [0.05, 0.1) is 6.61 Å². The Morgan fingerprint density at radius 3 is 2.62 bits per heavy atom. The van der Waals surface area contributed by atoms with Gasteiger partial charge in [-0.05, 0) is 37.0 Å². The molecule has 2 unspecified atom stereocenters. The first-order chi connectivity index (χ1) is 14.0. The topological polar surface area (TPSA) is 126 Å². The van der Waals surface area contributed by atoms with E-state index in [4.69, 9.17) is 27.8 Å². The number of piperidine rings is 1. The van der Waals surface area contributed by atoms with Gasteiger partial charge in [-0.2, -0.15) is 4.98 Å². The summed E-state index contributed by atoms with van der Waals surface area (Å²) in [7, 11) is 0. The summed E-state index contributed by atoms with van der Waals surface area (Å²) in [6, 6.07) is 8.40. The molecule has 2 fully saturated rings. The van der Waals surface area contributed by atoms with Crippen LogP contribution in [0.3, 0.4) is 0 Å². The number of primary amides is 1. The minimum Gasteiger partial charge on any atom is -0.368 e. The summed E-state index contributed by atoms with van der Waals surface area (Å²) in [5, 5.41) is 7.56. The number of nitrogens with one attached hydrogen (secondary N) is 1. The number of nitrogens with zero attached hydrogens (tertiary/aromatic N) is 4. The molecule has 29 heavy (non-hydrogen) atoms. The number of H-pyrrole nitrogens is 1. The van der Waals surface area contributed by atoms with Gasteiger partial charge in [-0.15, -0.1) is 5.10 Å². The number of carbonyl (C=O) groups is 1. The van der Waals surface area contributed by atoms with Crippen LogP contribution in [0, 0.1) is 0 Å². The van der Waals surface area contributed by atoms with Crippen LogP contribution in [-0.4, -0.2) is 70.4 Å². The number of nitrogens with two attached hydrogens (primary N) is 2. The fraction of sp³-hybridized carbons (Fsp3) is 0.526. The van der Waals surface area contributed by atoms with Crippen molar-refractivity contribution in [1.29, 1.82) is 0 Å². The molecule has 156 valence electrons. The smallest absolute Gasteiger partial charge is 0.247 e. The number of ether oxygens (including phenoxy) is 1. The molecule has 1 amide bonds. The number of nitrogen functional groups attached to an aromatic ring is 1. The molecule has 10 heteroatoms. The summed E-state index contributed by atoms with van der Waals surface area (Å²) in [4.78, 5) is 20.5. The molecular weight excluding hydrogens is 394 g/mol. The zero-order valence-electron chi connectivity index (χ0n) is 16.1. The predicted molar refractivity (Wildman–Crippen MR) is 111 cm³/mol. The highest BCUT2D eigenvalue weighted by atomic mass is 35.5. The van der Waals surface area contributed by atoms with Crippen LogP contribution in [-0.2, 0) is 16.0 Å². The molecule has 9 nitrogen and oxygen atoms in total. The molecule has 3 heterocycles. The second-order valence-corrected chi connectivity index (χ2v) is 8.08. The van der Waals surface area contributed by atoms with Crippen molar-refractivity contribution >= 4 is 29.4 Å². The third-order valence-corrected chi connectivity index (χ3v) is 6.00. The number of anilines is 2. The maximum atomic E-state index is 11.7. The van der Waals surface area contributed by atoms with Crippen LogP contribution >= 0.6 is 11.6 Å². The van der Waals surface area contributed by atoms with Gasteiger partial charge in [0.15, 0.2) is 0 Å². The molecule has 4 rings (SSSR count). The second kappa shape index (κ2) is 8.56. The van der Waals surface area contributed by atoms with Crippen LogP contribution in [0.15, 0.2) is 24.3 Å². The number of benzene rings is 1. The summed E-state index contributed by atoms with van der Waals surface area (Å²) in [5.41, 5.74) is 12.4. The first-order valence-electron chi connectivity index (χ1n) is 9.83. The third-order valence-electron chi connectivity index (χ3n) is 5.74. The fourth-order valence-corrected chi connectivity index (χ4v) is 4.33. The molecule has 2 saturated heterocycles. The van der Waals surface area contributed by atoms with Crippen molar-refractivity contribution < 1.29 is 9.53 Å². The quantitative estimate of drug-likeness (QED) is 0.654. The molecule has 2 aromatic rings. The van der Waals surface area contributed by atoms with E-state index in [0.717, 1.165) is 37.4 Å². The minimum absolute atomic E-state index is 0.183. The van der Waals surface area contributed by atoms with Crippen LogP contribution in [0.5, 0.6) is 0 Å². The molecule has 0 aliphatic carbocycles. The van der Waals surface area contributed by atoms with E-state index in [0.29, 0.717) is 31.1 Å². The normalized spacial score (nSPS) is 24.0. The minimum atomic E-state index is -0.567. The average Bonchev–Trinajstić information content (AvgIpc) is 3.16. The lowest BCUT2D eigenvalue weighted by atomic mass is 9.96. The van der Waals surface area contributed by atoms with E-state index in [1.54, 1.807) is 0 Å². The third kappa shape index (κ3) is 4.63. The SMILES string of the molecule is NC(=O)C1CN(C2CCN(c3n[nH]c(N)n3)CC2)C(Cc2ccc(Cl)cc2)CO1. The van der Waals surface area contributed by atoms with E-state index in [-0.39, 0.29) is 6.04 Å². The maximum Gasteiger partial charge on any atom is 0.247 e. The van der Waals surface area contributed by atoms with Crippen LogP contribution in [0.25, 0.3) is 0 Å². The van der Waals surface area contributed by atoms with Crippen molar-refractivity contribution in [2.45, 2.75) is 37.5 Å².